The minimum atomic E-state index is -1.58. The fourth-order valence-corrected chi connectivity index (χ4v) is 1.51. The Morgan fingerprint density at radius 2 is 1.76 bits per heavy atom. The molecule has 7 heteroatoms. The smallest absolute Gasteiger partial charge is 0.249 e. The molecule has 1 aromatic rings. The quantitative estimate of drug-likeness (QED) is 0.601. The predicted octanol–water partition coefficient (Wildman–Crippen LogP) is 0.931. The highest BCUT2D eigenvalue weighted by Crippen LogP contribution is 2.19. The number of benzene rings is 1. The van der Waals surface area contributed by atoms with Gasteiger partial charge in [0.05, 0.1) is 6.42 Å². The van der Waals surface area contributed by atoms with Gasteiger partial charge in [0.2, 0.25) is 11.8 Å². The summed E-state index contributed by atoms with van der Waals surface area (Å²) >= 11 is 0. The number of halogens is 3. The molecule has 1 fully saturated rings. The summed E-state index contributed by atoms with van der Waals surface area (Å²) < 4.78 is 38.4. The minimum Gasteiger partial charge on any atom is -0.373 e. The van der Waals surface area contributed by atoms with Crippen LogP contribution in [0.3, 0.4) is 0 Å². The van der Waals surface area contributed by atoms with Crippen LogP contribution in [0.1, 0.15) is 6.42 Å². The van der Waals surface area contributed by atoms with Gasteiger partial charge in [0.25, 0.3) is 0 Å². The lowest BCUT2D eigenvalue weighted by Crippen LogP contribution is -2.30. The molecule has 0 radical (unpaired) electrons. The highest BCUT2D eigenvalue weighted by atomic mass is 19.2. The van der Waals surface area contributed by atoms with Gasteiger partial charge in [-0.3, -0.25) is 14.9 Å². The molecule has 1 unspecified atom stereocenters. The minimum absolute atomic E-state index is 0.101. The van der Waals surface area contributed by atoms with Crippen molar-refractivity contribution < 1.29 is 22.8 Å². The first-order valence-corrected chi connectivity index (χ1v) is 4.72. The number of rotatable bonds is 2. The van der Waals surface area contributed by atoms with Gasteiger partial charge in [0.15, 0.2) is 17.5 Å². The van der Waals surface area contributed by atoms with E-state index in [1.165, 1.54) is 0 Å². The van der Waals surface area contributed by atoms with E-state index in [2.05, 4.69) is 5.32 Å². The second-order valence-corrected chi connectivity index (χ2v) is 3.57. The van der Waals surface area contributed by atoms with Crippen molar-refractivity contribution in [1.82, 2.24) is 5.32 Å². The zero-order valence-corrected chi connectivity index (χ0v) is 8.39. The van der Waals surface area contributed by atoms with E-state index in [1.807, 2.05) is 5.32 Å². The lowest BCUT2D eigenvalue weighted by Gasteiger charge is -2.11. The van der Waals surface area contributed by atoms with Crippen LogP contribution in [0.25, 0.3) is 0 Å². The maximum atomic E-state index is 12.9. The van der Waals surface area contributed by atoms with Crippen LogP contribution in [0.2, 0.25) is 0 Å². The van der Waals surface area contributed by atoms with Gasteiger partial charge in [-0.1, -0.05) is 0 Å². The molecule has 1 aromatic carbocycles. The van der Waals surface area contributed by atoms with Gasteiger partial charge in [0, 0.05) is 17.8 Å². The van der Waals surface area contributed by atoms with Crippen LogP contribution in [-0.2, 0) is 9.59 Å². The van der Waals surface area contributed by atoms with Gasteiger partial charge in [-0.15, -0.1) is 0 Å². The number of carbonyl (C=O) groups is 2. The Balaban J connectivity index is 2.19. The second-order valence-electron chi connectivity index (χ2n) is 3.57. The summed E-state index contributed by atoms with van der Waals surface area (Å²) in [5.41, 5.74) is -0.101. The molecule has 0 spiro atoms. The largest absolute Gasteiger partial charge is 0.373 e. The third-order valence-corrected chi connectivity index (χ3v) is 2.29. The molecule has 0 bridgehead atoms. The molecule has 1 atom stereocenters. The molecule has 1 aliphatic rings. The molecule has 4 nitrogen and oxygen atoms in total. The second kappa shape index (κ2) is 4.08. The number of amides is 2. The van der Waals surface area contributed by atoms with Crippen LogP contribution < -0.4 is 10.6 Å². The van der Waals surface area contributed by atoms with Crippen LogP contribution in [0.15, 0.2) is 12.1 Å². The molecule has 17 heavy (non-hydrogen) atoms. The number of anilines is 1. The summed E-state index contributed by atoms with van der Waals surface area (Å²) in [6.07, 6.45) is -0.126. The highest BCUT2D eigenvalue weighted by Gasteiger charge is 2.30. The molecule has 2 rings (SSSR count). The van der Waals surface area contributed by atoms with Crippen molar-refractivity contribution in [2.75, 3.05) is 5.32 Å². The lowest BCUT2D eigenvalue weighted by atomic mass is 10.2. The van der Waals surface area contributed by atoms with E-state index in [0.717, 1.165) is 0 Å². The molecule has 2 N–H and O–H groups in total. The van der Waals surface area contributed by atoms with Crippen LogP contribution in [0, 0.1) is 17.5 Å². The Labute approximate surface area is 93.8 Å². The van der Waals surface area contributed by atoms with Crippen molar-refractivity contribution in [2.24, 2.45) is 0 Å². The van der Waals surface area contributed by atoms with Gasteiger partial charge >= 0.3 is 0 Å². The van der Waals surface area contributed by atoms with Gasteiger partial charge in [-0.25, -0.2) is 13.2 Å². The Bertz CT molecular complexity index is 481. The third-order valence-electron chi connectivity index (χ3n) is 2.29. The number of carbonyl (C=O) groups excluding carboxylic acids is 2. The van der Waals surface area contributed by atoms with Crippen molar-refractivity contribution in [2.45, 2.75) is 12.5 Å². The Morgan fingerprint density at radius 1 is 1.18 bits per heavy atom. The number of nitrogens with one attached hydrogen (secondary N) is 2. The van der Waals surface area contributed by atoms with Gasteiger partial charge in [-0.05, 0) is 0 Å². The van der Waals surface area contributed by atoms with E-state index < -0.39 is 35.3 Å². The fraction of sp³-hybridized carbons (Fsp3) is 0.200. The van der Waals surface area contributed by atoms with Crippen molar-refractivity contribution in [3.05, 3.63) is 29.6 Å². The summed E-state index contributed by atoms with van der Waals surface area (Å²) in [4.78, 5) is 22.0. The summed E-state index contributed by atoms with van der Waals surface area (Å²) in [7, 11) is 0. The first-order chi connectivity index (χ1) is 7.97. The molecule has 1 heterocycles. The van der Waals surface area contributed by atoms with E-state index in [0.29, 0.717) is 12.1 Å². The van der Waals surface area contributed by atoms with Gasteiger partial charge < -0.3 is 5.32 Å². The summed E-state index contributed by atoms with van der Waals surface area (Å²) in [6.45, 7) is 0. The molecule has 2 amide bonds. The van der Waals surface area contributed by atoms with Crippen LogP contribution in [0.4, 0.5) is 18.9 Å². The van der Waals surface area contributed by atoms with Crippen LogP contribution in [0.5, 0.6) is 0 Å². The van der Waals surface area contributed by atoms with Crippen molar-refractivity contribution in [3.63, 3.8) is 0 Å². The molecule has 0 saturated carbocycles. The highest BCUT2D eigenvalue weighted by molar-refractivity contribution is 6.06. The molecule has 90 valence electrons. The standard InChI is InChI=1S/C10H7F3N2O2/c11-5-1-4(2-6(12)9(5)13)14-7-3-8(16)15-10(7)17/h1-2,7,14H,3H2,(H,15,16,17). The number of hydrogen-bond donors (Lipinski definition) is 2. The average Bonchev–Trinajstić information content (AvgIpc) is 2.54. The van der Waals surface area contributed by atoms with Crippen LogP contribution >= 0.6 is 0 Å². The van der Waals surface area contributed by atoms with E-state index in [9.17, 15) is 22.8 Å². The van der Waals surface area contributed by atoms with Crippen molar-refractivity contribution in [1.29, 1.82) is 0 Å². The van der Waals surface area contributed by atoms with E-state index >= 15 is 0 Å². The monoisotopic (exact) mass is 244 g/mol. The maximum absolute atomic E-state index is 12.9. The predicted molar refractivity (Wildman–Crippen MR) is 51.5 cm³/mol. The van der Waals surface area contributed by atoms with Gasteiger partial charge in [0.1, 0.15) is 6.04 Å². The molecular formula is C10H7F3N2O2. The Morgan fingerprint density at radius 3 is 2.24 bits per heavy atom. The molecular weight excluding hydrogens is 237 g/mol. The topological polar surface area (TPSA) is 58.2 Å². The molecule has 1 aliphatic heterocycles. The van der Waals surface area contributed by atoms with Crippen LogP contribution in [-0.4, -0.2) is 17.9 Å². The van der Waals surface area contributed by atoms with E-state index in [-0.39, 0.29) is 12.1 Å². The van der Waals surface area contributed by atoms with Crippen molar-refractivity contribution in [3.8, 4) is 0 Å². The summed E-state index contributed by atoms with van der Waals surface area (Å²) in [5.74, 6) is -5.37. The zero-order valence-electron chi connectivity index (χ0n) is 8.39. The van der Waals surface area contributed by atoms with Crippen molar-refractivity contribution >= 4 is 17.5 Å². The maximum Gasteiger partial charge on any atom is 0.249 e. The zero-order chi connectivity index (χ0) is 12.6. The molecule has 0 aromatic heterocycles. The SMILES string of the molecule is O=C1CC(Nc2cc(F)c(F)c(F)c2)C(=O)N1. The fourth-order valence-electron chi connectivity index (χ4n) is 1.51. The molecule has 0 aliphatic carbocycles. The Kier molecular flexibility index (Phi) is 2.74. The first kappa shape index (κ1) is 11.4. The normalized spacial score (nSPS) is 19.4. The first-order valence-electron chi connectivity index (χ1n) is 4.72. The lowest BCUT2D eigenvalue weighted by molar-refractivity contribution is -0.124. The summed E-state index contributed by atoms with van der Waals surface area (Å²) in [6, 6.07) is 0.537. The Hall–Kier alpha value is -2.05. The van der Waals surface area contributed by atoms with E-state index in [4.69, 9.17) is 0 Å². The number of hydrogen-bond acceptors (Lipinski definition) is 3. The third kappa shape index (κ3) is 2.22. The molecule has 1 saturated heterocycles. The van der Waals surface area contributed by atoms with Gasteiger partial charge in [-0.2, -0.15) is 0 Å². The number of imide groups is 1. The summed E-state index contributed by atoms with van der Waals surface area (Å²) in [5, 5.41) is 4.48. The van der Waals surface area contributed by atoms with E-state index in [1.54, 1.807) is 0 Å². The average molecular weight is 244 g/mol.